The number of hydrogen-bond donors (Lipinski definition) is 1. The molecule has 1 aromatic rings. The molecule has 4 aliphatic rings. The molecule has 2 heterocycles. The molecule has 1 N–H and O–H groups in total. The SMILES string of the molecule is CC(C)(C)C(O[C@H]1C[C@@H]2[C@H]3CC[C@](CS(=O)(=O)N4CCC[C@H]4C(=O)O)([C@@H]2O1)C3(C)C)c1ccccc1. The van der Waals surface area contributed by atoms with Gasteiger partial charge < -0.3 is 14.6 Å². The van der Waals surface area contributed by atoms with E-state index in [1.807, 2.05) is 18.2 Å². The Hall–Kier alpha value is -1.48. The Labute approximate surface area is 215 Å². The van der Waals surface area contributed by atoms with Crippen molar-refractivity contribution < 1.29 is 27.8 Å². The van der Waals surface area contributed by atoms with Crippen molar-refractivity contribution in [1.82, 2.24) is 4.31 Å². The molecule has 36 heavy (non-hydrogen) atoms. The van der Waals surface area contributed by atoms with Gasteiger partial charge in [0, 0.05) is 18.4 Å². The second-order valence-electron chi connectivity index (χ2n) is 13.1. The Morgan fingerprint density at radius 2 is 1.92 bits per heavy atom. The Morgan fingerprint density at radius 1 is 1.22 bits per heavy atom. The third kappa shape index (κ3) is 4.03. The largest absolute Gasteiger partial charge is 0.480 e. The second kappa shape index (κ2) is 8.79. The maximum Gasteiger partial charge on any atom is 0.322 e. The molecule has 5 rings (SSSR count). The van der Waals surface area contributed by atoms with Crippen molar-refractivity contribution in [1.29, 1.82) is 0 Å². The number of rotatable bonds is 7. The number of benzene rings is 1. The van der Waals surface area contributed by atoms with E-state index in [-0.39, 0.29) is 47.5 Å². The fourth-order valence-corrected chi connectivity index (χ4v) is 10.5. The van der Waals surface area contributed by atoms with Crippen molar-refractivity contribution in [2.24, 2.45) is 28.1 Å². The Morgan fingerprint density at radius 3 is 2.56 bits per heavy atom. The fraction of sp³-hybridized carbons (Fsp3) is 0.750. The van der Waals surface area contributed by atoms with Crippen molar-refractivity contribution in [3.63, 3.8) is 0 Å². The highest BCUT2D eigenvalue weighted by atomic mass is 32.2. The monoisotopic (exact) mass is 519 g/mol. The number of carboxylic acids is 1. The van der Waals surface area contributed by atoms with Crippen molar-refractivity contribution in [3.8, 4) is 0 Å². The van der Waals surface area contributed by atoms with Crippen LogP contribution in [0, 0.1) is 28.1 Å². The van der Waals surface area contributed by atoms with Crippen molar-refractivity contribution in [2.75, 3.05) is 12.3 Å². The van der Waals surface area contributed by atoms with E-state index < -0.39 is 27.4 Å². The van der Waals surface area contributed by atoms with Crippen LogP contribution in [-0.2, 0) is 24.3 Å². The molecule has 7 atom stereocenters. The van der Waals surface area contributed by atoms with Gasteiger partial charge in [-0.2, -0.15) is 4.31 Å². The Balaban J connectivity index is 1.40. The lowest BCUT2D eigenvalue weighted by Crippen LogP contribution is -2.51. The van der Waals surface area contributed by atoms with Gasteiger partial charge in [-0.15, -0.1) is 0 Å². The molecule has 1 aromatic carbocycles. The molecule has 7 nitrogen and oxygen atoms in total. The molecule has 0 amide bonds. The van der Waals surface area contributed by atoms with E-state index in [0.717, 1.165) is 24.8 Å². The van der Waals surface area contributed by atoms with Crippen LogP contribution in [0.25, 0.3) is 0 Å². The van der Waals surface area contributed by atoms with Crippen LogP contribution in [0.1, 0.15) is 78.4 Å². The highest BCUT2D eigenvalue weighted by Crippen LogP contribution is 2.72. The van der Waals surface area contributed by atoms with Crippen LogP contribution >= 0.6 is 0 Å². The van der Waals surface area contributed by atoms with Gasteiger partial charge in [-0.05, 0) is 53.9 Å². The van der Waals surface area contributed by atoms with Gasteiger partial charge in [0.15, 0.2) is 6.29 Å². The van der Waals surface area contributed by atoms with E-state index >= 15 is 0 Å². The van der Waals surface area contributed by atoms with Crippen LogP contribution in [-0.4, -0.2) is 54.5 Å². The minimum absolute atomic E-state index is 0.0530. The van der Waals surface area contributed by atoms with E-state index in [2.05, 4.69) is 46.8 Å². The summed E-state index contributed by atoms with van der Waals surface area (Å²) in [6, 6.07) is 9.25. The molecule has 200 valence electrons. The molecule has 2 saturated carbocycles. The van der Waals surface area contributed by atoms with Crippen LogP contribution in [0.4, 0.5) is 0 Å². The summed E-state index contributed by atoms with van der Waals surface area (Å²) < 4.78 is 42.0. The first kappa shape index (κ1) is 26.1. The molecule has 8 heteroatoms. The number of carbonyl (C=O) groups is 1. The summed E-state index contributed by atoms with van der Waals surface area (Å²) in [5.74, 6) is -0.493. The number of aliphatic carboxylic acids is 1. The van der Waals surface area contributed by atoms with Crippen molar-refractivity contribution in [2.45, 2.75) is 91.3 Å². The van der Waals surface area contributed by atoms with Crippen LogP contribution in [0.15, 0.2) is 30.3 Å². The van der Waals surface area contributed by atoms with E-state index in [0.29, 0.717) is 18.8 Å². The predicted octanol–water partition coefficient (Wildman–Crippen LogP) is 4.84. The third-order valence-electron chi connectivity index (χ3n) is 9.79. The summed E-state index contributed by atoms with van der Waals surface area (Å²) in [5.41, 5.74) is 0.222. The molecule has 0 radical (unpaired) electrons. The molecule has 2 bridgehead atoms. The highest BCUT2D eigenvalue weighted by molar-refractivity contribution is 7.89. The van der Waals surface area contributed by atoms with Gasteiger partial charge in [0.1, 0.15) is 6.04 Å². The average Bonchev–Trinajstić information content (AvgIpc) is 3.52. The van der Waals surface area contributed by atoms with Crippen molar-refractivity contribution in [3.05, 3.63) is 35.9 Å². The number of fused-ring (bicyclic) bond motifs is 5. The molecule has 1 unspecified atom stereocenters. The number of sulfonamides is 1. The number of ether oxygens (including phenoxy) is 2. The standard InChI is InChI=1S/C28H41NO6S/c1-26(2,3)23(18-10-7-6-8-11-18)34-22-16-19-20-13-14-28(24(19)35-22,27(20,4)5)17-36(32,33)29-15-9-12-21(29)25(30)31/h6-8,10-11,19-24H,9,12-17H2,1-5H3,(H,30,31)/t19-,20-,21+,22-,23?,24-,28+/m1/s1. The highest BCUT2D eigenvalue weighted by Gasteiger charge is 2.72. The van der Waals surface area contributed by atoms with Gasteiger partial charge in [-0.3, -0.25) is 4.79 Å². The minimum Gasteiger partial charge on any atom is -0.480 e. The lowest BCUT2D eigenvalue weighted by molar-refractivity contribution is -0.205. The molecule has 4 fully saturated rings. The van der Waals surface area contributed by atoms with Crippen LogP contribution in [0.2, 0.25) is 0 Å². The van der Waals surface area contributed by atoms with E-state index in [4.69, 9.17) is 9.47 Å². The van der Waals surface area contributed by atoms with Gasteiger partial charge in [0.25, 0.3) is 0 Å². The zero-order chi connectivity index (χ0) is 26.1. The first-order valence-corrected chi connectivity index (χ1v) is 15.0. The van der Waals surface area contributed by atoms with E-state index in [1.54, 1.807) is 0 Å². The van der Waals surface area contributed by atoms with Crippen LogP contribution < -0.4 is 0 Å². The molecule has 2 aliphatic carbocycles. The lowest BCUT2D eigenvalue weighted by Gasteiger charge is -2.43. The lowest BCUT2D eigenvalue weighted by atomic mass is 9.69. The van der Waals surface area contributed by atoms with E-state index in [9.17, 15) is 18.3 Å². The molecule has 0 aromatic heterocycles. The number of carboxylic acid groups (broad SMARTS) is 1. The summed E-state index contributed by atoms with van der Waals surface area (Å²) in [6.07, 6.45) is 2.75. The predicted molar refractivity (Wildman–Crippen MR) is 137 cm³/mol. The second-order valence-corrected chi connectivity index (χ2v) is 15.0. The van der Waals surface area contributed by atoms with Crippen LogP contribution in [0.3, 0.4) is 0 Å². The molecule has 2 aliphatic heterocycles. The van der Waals surface area contributed by atoms with Gasteiger partial charge in [0.2, 0.25) is 10.0 Å². The first-order valence-electron chi connectivity index (χ1n) is 13.4. The smallest absolute Gasteiger partial charge is 0.322 e. The summed E-state index contributed by atoms with van der Waals surface area (Å²) in [4.78, 5) is 11.8. The average molecular weight is 520 g/mol. The summed E-state index contributed by atoms with van der Waals surface area (Å²) in [5, 5.41) is 9.62. The molecule has 2 saturated heterocycles. The number of hydrogen-bond acceptors (Lipinski definition) is 5. The Kier molecular flexibility index (Phi) is 6.38. The van der Waals surface area contributed by atoms with Crippen LogP contribution in [0.5, 0.6) is 0 Å². The van der Waals surface area contributed by atoms with E-state index in [1.165, 1.54) is 4.31 Å². The summed E-state index contributed by atoms with van der Waals surface area (Å²) in [6.45, 7) is 11.2. The topological polar surface area (TPSA) is 93.1 Å². The molecular formula is C28H41NO6S. The maximum absolute atomic E-state index is 13.7. The third-order valence-corrected chi connectivity index (χ3v) is 11.8. The maximum atomic E-state index is 13.7. The zero-order valence-electron chi connectivity index (χ0n) is 22.1. The minimum atomic E-state index is -3.77. The Bertz CT molecular complexity index is 1100. The quantitative estimate of drug-likeness (QED) is 0.554. The zero-order valence-corrected chi connectivity index (χ0v) is 23.0. The van der Waals surface area contributed by atoms with Gasteiger partial charge in [-0.1, -0.05) is 65.0 Å². The summed E-state index contributed by atoms with van der Waals surface area (Å²) in [7, 11) is -3.77. The summed E-state index contributed by atoms with van der Waals surface area (Å²) >= 11 is 0. The fourth-order valence-electron chi connectivity index (χ4n) is 8.02. The normalized spacial score (nSPS) is 36.8. The molecule has 0 spiro atoms. The number of nitrogens with zero attached hydrogens (tertiary/aromatic N) is 1. The van der Waals surface area contributed by atoms with Gasteiger partial charge >= 0.3 is 5.97 Å². The van der Waals surface area contributed by atoms with Gasteiger partial charge in [0.05, 0.1) is 18.0 Å². The first-order chi connectivity index (χ1) is 16.8. The van der Waals surface area contributed by atoms with Gasteiger partial charge in [-0.25, -0.2) is 8.42 Å². The van der Waals surface area contributed by atoms with Crippen molar-refractivity contribution >= 4 is 16.0 Å². The molecular weight excluding hydrogens is 478 g/mol.